The van der Waals surface area contributed by atoms with Crippen molar-refractivity contribution in [3.8, 4) is 5.75 Å². The van der Waals surface area contributed by atoms with Gasteiger partial charge in [0, 0.05) is 11.5 Å². The average Bonchev–Trinajstić information content (AvgIpc) is 2.46. The molecule has 2 rings (SSSR count). The highest BCUT2D eigenvalue weighted by atomic mass is 35.5. The standard InChI is InChI=1S/C16H20ClNO/c1-2-3-4-7-10-19-16-11-13(12-17)18-15-9-6-5-8-14(15)16/h5-6,8-9,11H,2-4,7,10,12H2,1H3. The topological polar surface area (TPSA) is 22.1 Å². The molecule has 0 amide bonds. The third-order valence-corrected chi connectivity index (χ3v) is 3.40. The van der Waals surface area contributed by atoms with Crippen molar-refractivity contribution in [3.63, 3.8) is 0 Å². The van der Waals surface area contributed by atoms with Gasteiger partial charge in [-0.15, -0.1) is 11.6 Å². The van der Waals surface area contributed by atoms with Crippen LogP contribution in [0.15, 0.2) is 30.3 Å². The van der Waals surface area contributed by atoms with Gasteiger partial charge in [-0.2, -0.15) is 0 Å². The predicted molar refractivity (Wildman–Crippen MR) is 80.9 cm³/mol. The van der Waals surface area contributed by atoms with Crippen molar-refractivity contribution < 1.29 is 4.74 Å². The summed E-state index contributed by atoms with van der Waals surface area (Å²) in [4.78, 5) is 4.50. The molecule has 0 aliphatic heterocycles. The van der Waals surface area contributed by atoms with Crippen LogP contribution in [-0.2, 0) is 5.88 Å². The van der Waals surface area contributed by atoms with Gasteiger partial charge in [-0.25, -0.2) is 0 Å². The fraction of sp³-hybridized carbons (Fsp3) is 0.438. The van der Waals surface area contributed by atoms with Crippen LogP contribution in [0.5, 0.6) is 5.75 Å². The fourth-order valence-electron chi connectivity index (χ4n) is 2.09. The van der Waals surface area contributed by atoms with E-state index < -0.39 is 0 Å². The zero-order valence-electron chi connectivity index (χ0n) is 11.4. The van der Waals surface area contributed by atoms with Gasteiger partial charge in [0.1, 0.15) is 5.75 Å². The zero-order chi connectivity index (χ0) is 13.5. The van der Waals surface area contributed by atoms with Crippen LogP contribution in [0.2, 0.25) is 0 Å². The molecule has 19 heavy (non-hydrogen) atoms. The Balaban J connectivity index is 2.11. The van der Waals surface area contributed by atoms with Gasteiger partial charge in [-0.1, -0.05) is 38.3 Å². The Hall–Kier alpha value is -1.28. The molecule has 0 saturated heterocycles. The van der Waals surface area contributed by atoms with Crippen molar-refractivity contribution >= 4 is 22.5 Å². The number of benzene rings is 1. The predicted octanol–water partition coefficient (Wildman–Crippen LogP) is 4.93. The minimum atomic E-state index is 0.414. The van der Waals surface area contributed by atoms with E-state index in [2.05, 4.69) is 11.9 Å². The second kappa shape index (κ2) is 7.34. The number of halogens is 1. The van der Waals surface area contributed by atoms with E-state index in [-0.39, 0.29) is 0 Å². The second-order valence-corrected chi connectivity index (χ2v) is 4.94. The number of para-hydroxylation sites is 1. The van der Waals surface area contributed by atoms with Crippen LogP contribution in [-0.4, -0.2) is 11.6 Å². The molecule has 0 bridgehead atoms. The van der Waals surface area contributed by atoms with Crippen molar-refractivity contribution in [1.82, 2.24) is 4.98 Å². The summed E-state index contributed by atoms with van der Waals surface area (Å²) in [6.07, 6.45) is 4.84. The van der Waals surface area contributed by atoms with Crippen LogP contribution in [0.25, 0.3) is 10.9 Å². The second-order valence-electron chi connectivity index (χ2n) is 4.67. The molecule has 2 aromatic rings. The first-order valence-electron chi connectivity index (χ1n) is 6.92. The largest absolute Gasteiger partial charge is 0.493 e. The van der Waals surface area contributed by atoms with Gasteiger partial charge in [0.15, 0.2) is 0 Å². The molecule has 1 aromatic heterocycles. The molecule has 0 saturated carbocycles. The number of rotatable bonds is 7. The van der Waals surface area contributed by atoms with Crippen LogP contribution in [0.4, 0.5) is 0 Å². The van der Waals surface area contributed by atoms with Crippen molar-refractivity contribution in [2.75, 3.05) is 6.61 Å². The van der Waals surface area contributed by atoms with Gasteiger partial charge < -0.3 is 4.74 Å². The van der Waals surface area contributed by atoms with E-state index >= 15 is 0 Å². The maximum Gasteiger partial charge on any atom is 0.130 e. The molecule has 1 heterocycles. The van der Waals surface area contributed by atoms with Crippen molar-refractivity contribution in [3.05, 3.63) is 36.0 Å². The zero-order valence-corrected chi connectivity index (χ0v) is 12.1. The van der Waals surface area contributed by atoms with Crippen LogP contribution in [0, 0.1) is 0 Å². The summed E-state index contributed by atoms with van der Waals surface area (Å²) in [5.41, 5.74) is 1.81. The van der Waals surface area contributed by atoms with E-state index in [9.17, 15) is 0 Å². The Morgan fingerprint density at radius 2 is 2.00 bits per heavy atom. The fourth-order valence-corrected chi connectivity index (χ4v) is 2.23. The Morgan fingerprint density at radius 3 is 2.79 bits per heavy atom. The smallest absolute Gasteiger partial charge is 0.130 e. The van der Waals surface area contributed by atoms with Crippen LogP contribution < -0.4 is 4.74 Å². The molecule has 1 aromatic carbocycles. The van der Waals surface area contributed by atoms with E-state index in [0.29, 0.717) is 5.88 Å². The van der Waals surface area contributed by atoms with Crippen LogP contribution >= 0.6 is 11.6 Å². The highest BCUT2D eigenvalue weighted by Gasteiger charge is 2.06. The molecule has 102 valence electrons. The van der Waals surface area contributed by atoms with Gasteiger partial charge in [0.25, 0.3) is 0 Å². The highest BCUT2D eigenvalue weighted by Crippen LogP contribution is 2.26. The molecular weight excluding hydrogens is 258 g/mol. The van der Waals surface area contributed by atoms with Crippen LogP contribution in [0.3, 0.4) is 0 Å². The van der Waals surface area contributed by atoms with E-state index in [1.54, 1.807) is 0 Å². The number of fused-ring (bicyclic) bond motifs is 1. The Kier molecular flexibility index (Phi) is 5.46. The molecule has 2 nitrogen and oxygen atoms in total. The molecule has 0 N–H and O–H groups in total. The maximum absolute atomic E-state index is 5.91. The number of nitrogens with zero attached hydrogens (tertiary/aromatic N) is 1. The van der Waals surface area contributed by atoms with E-state index in [4.69, 9.17) is 16.3 Å². The first-order valence-corrected chi connectivity index (χ1v) is 7.46. The SMILES string of the molecule is CCCCCCOc1cc(CCl)nc2ccccc12. The number of unbranched alkanes of at least 4 members (excludes halogenated alkanes) is 3. The Bertz CT molecular complexity index is 527. The van der Waals surface area contributed by atoms with Gasteiger partial charge in [0.2, 0.25) is 0 Å². The summed E-state index contributed by atoms with van der Waals surface area (Å²) < 4.78 is 5.91. The van der Waals surface area contributed by atoms with E-state index in [1.165, 1.54) is 19.3 Å². The summed E-state index contributed by atoms with van der Waals surface area (Å²) in [5, 5.41) is 1.06. The molecule has 0 atom stereocenters. The number of hydrogen-bond acceptors (Lipinski definition) is 2. The summed E-state index contributed by atoms with van der Waals surface area (Å²) in [6.45, 7) is 2.97. The number of ether oxygens (including phenoxy) is 1. The monoisotopic (exact) mass is 277 g/mol. The van der Waals surface area contributed by atoms with Crippen molar-refractivity contribution in [1.29, 1.82) is 0 Å². The normalized spacial score (nSPS) is 10.8. The number of pyridine rings is 1. The average molecular weight is 278 g/mol. The van der Waals surface area contributed by atoms with E-state index in [0.717, 1.165) is 35.4 Å². The summed E-state index contributed by atoms with van der Waals surface area (Å²) in [5.74, 6) is 1.31. The molecule has 0 fully saturated rings. The molecule has 3 heteroatoms. The minimum absolute atomic E-state index is 0.414. The van der Waals surface area contributed by atoms with Crippen LogP contribution in [0.1, 0.15) is 38.3 Å². The van der Waals surface area contributed by atoms with Gasteiger partial charge in [0.05, 0.1) is 23.7 Å². The molecular formula is C16H20ClNO. The van der Waals surface area contributed by atoms with Crippen molar-refractivity contribution in [2.24, 2.45) is 0 Å². The number of aromatic nitrogens is 1. The van der Waals surface area contributed by atoms with Gasteiger partial charge in [-0.05, 0) is 18.6 Å². The maximum atomic E-state index is 5.91. The lowest BCUT2D eigenvalue weighted by molar-refractivity contribution is 0.308. The molecule has 0 aliphatic carbocycles. The Labute approximate surface area is 119 Å². The quantitative estimate of drug-likeness (QED) is 0.529. The van der Waals surface area contributed by atoms with E-state index in [1.807, 2.05) is 30.3 Å². The Morgan fingerprint density at radius 1 is 1.16 bits per heavy atom. The van der Waals surface area contributed by atoms with Crippen molar-refractivity contribution in [2.45, 2.75) is 38.5 Å². The summed E-state index contributed by atoms with van der Waals surface area (Å²) in [7, 11) is 0. The number of alkyl halides is 1. The molecule has 0 aliphatic rings. The van der Waals surface area contributed by atoms with Gasteiger partial charge >= 0.3 is 0 Å². The number of hydrogen-bond donors (Lipinski definition) is 0. The molecule has 0 unspecified atom stereocenters. The third kappa shape index (κ3) is 3.84. The minimum Gasteiger partial charge on any atom is -0.493 e. The molecule has 0 radical (unpaired) electrons. The van der Waals surface area contributed by atoms with Gasteiger partial charge in [-0.3, -0.25) is 4.98 Å². The summed E-state index contributed by atoms with van der Waals surface area (Å²) in [6, 6.07) is 9.99. The molecule has 0 spiro atoms. The highest BCUT2D eigenvalue weighted by molar-refractivity contribution is 6.17. The lowest BCUT2D eigenvalue weighted by Crippen LogP contribution is -1.99. The first kappa shape index (κ1) is 14.1. The first-order chi connectivity index (χ1) is 9.35. The lowest BCUT2D eigenvalue weighted by atomic mass is 10.2. The lowest BCUT2D eigenvalue weighted by Gasteiger charge is -2.10. The summed E-state index contributed by atoms with van der Waals surface area (Å²) >= 11 is 5.88. The third-order valence-electron chi connectivity index (χ3n) is 3.12.